The minimum Gasteiger partial charge on any atom is -0.477 e. The number of hydrogen-bond donors (Lipinski definition) is 1. The standard InChI is InChI=1S/C13H17NO2/c1-4-11-5-7-12(8-6-11)9-14(2,3)10-13(15)16/h4-8H,1,9-10H2,2-3H3/p+1. The van der Waals surface area contributed by atoms with Gasteiger partial charge in [-0.25, -0.2) is 4.79 Å². The molecule has 1 aromatic carbocycles. The molecule has 0 aliphatic rings. The van der Waals surface area contributed by atoms with Crippen LogP contribution in [-0.4, -0.2) is 36.2 Å². The predicted octanol–water partition coefficient (Wildman–Crippen LogP) is 1.99. The number of likely N-dealkylation sites (N-methyl/N-ethyl adjacent to an activating group) is 1. The molecule has 0 heterocycles. The summed E-state index contributed by atoms with van der Waals surface area (Å²) < 4.78 is 0.447. The highest BCUT2D eigenvalue weighted by molar-refractivity contribution is 5.67. The number of benzene rings is 1. The first kappa shape index (κ1) is 12.5. The van der Waals surface area contributed by atoms with Crippen molar-refractivity contribution in [2.24, 2.45) is 0 Å². The van der Waals surface area contributed by atoms with Crippen LogP contribution in [0.1, 0.15) is 11.1 Å². The van der Waals surface area contributed by atoms with Crippen molar-refractivity contribution in [1.82, 2.24) is 0 Å². The number of carboxylic acid groups (broad SMARTS) is 1. The van der Waals surface area contributed by atoms with Crippen LogP contribution in [0.2, 0.25) is 0 Å². The zero-order valence-electron chi connectivity index (χ0n) is 9.81. The molecule has 0 aliphatic carbocycles. The average Bonchev–Trinajstić information content (AvgIpc) is 2.16. The Hall–Kier alpha value is -1.61. The molecule has 1 rings (SSSR count). The van der Waals surface area contributed by atoms with Gasteiger partial charge in [-0.2, -0.15) is 0 Å². The number of nitrogens with zero attached hydrogens (tertiary/aromatic N) is 1. The van der Waals surface area contributed by atoms with E-state index in [9.17, 15) is 4.79 Å². The van der Waals surface area contributed by atoms with E-state index in [0.717, 1.165) is 11.1 Å². The molecule has 1 N–H and O–H groups in total. The summed E-state index contributed by atoms with van der Waals surface area (Å²) >= 11 is 0. The van der Waals surface area contributed by atoms with Crippen molar-refractivity contribution in [3.05, 3.63) is 42.0 Å². The van der Waals surface area contributed by atoms with Crippen LogP contribution >= 0.6 is 0 Å². The van der Waals surface area contributed by atoms with Crippen LogP contribution in [0.15, 0.2) is 30.8 Å². The third kappa shape index (κ3) is 3.87. The first-order valence-corrected chi connectivity index (χ1v) is 5.18. The highest BCUT2D eigenvalue weighted by Gasteiger charge is 2.19. The minimum absolute atomic E-state index is 0.128. The number of rotatable bonds is 5. The Bertz CT molecular complexity index is 379. The summed E-state index contributed by atoms with van der Waals surface area (Å²) in [7, 11) is 3.82. The molecule has 0 amide bonds. The van der Waals surface area contributed by atoms with Crippen LogP contribution in [-0.2, 0) is 11.3 Å². The van der Waals surface area contributed by atoms with Gasteiger partial charge in [0.1, 0.15) is 6.54 Å². The molecule has 0 spiro atoms. The van der Waals surface area contributed by atoms with Crippen molar-refractivity contribution in [3.63, 3.8) is 0 Å². The lowest BCUT2D eigenvalue weighted by atomic mass is 10.1. The van der Waals surface area contributed by atoms with E-state index in [4.69, 9.17) is 5.11 Å². The normalized spacial score (nSPS) is 11.1. The van der Waals surface area contributed by atoms with Gasteiger partial charge in [0.25, 0.3) is 0 Å². The number of hydrogen-bond acceptors (Lipinski definition) is 1. The first-order valence-electron chi connectivity index (χ1n) is 5.18. The molecule has 86 valence electrons. The predicted molar refractivity (Wildman–Crippen MR) is 64.8 cm³/mol. The summed E-state index contributed by atoms with van der Waals surface area (Å²) in [4.78, 5) is 10.7. The number of aliphatic carboxylic acids is 1. The summed E-state index contributed by atoms with van der Waals surface area (Å²) in [6, 6.07) is 8.00. The Morgan fingerprint density at radius 3 is 2.38 bits per heavy atom. The molecule has 0 unspecified atom stereocenters. The van der Waals surface area contributed by atoms with Gasteiger partial charge in [0.2, 0.25) is 0 Å². The van der Waals surface area contributed by atoms with Crippen molar-refractivity contribution in [2.45, 2.75) is 6.54 Å². The maximum absolute atomic E-state index is 10.7. The Kier molecular flexibility index (Phi) is 3.85. The minimum atomic E-state index is -0.771. The van der Waals surface area contributed by atoms with Gasteiger partial charge in [-0.3, -0.25) is 0 Å². The van der Waals surface area contributed by atoms with Crippen molar-refractivity contribution in [1.29, 1.82) is 0 Å². The van der Waals surface area contributed by atoms with Crippen molar-refractivity contribution >= 4 is 12.0 Å². The molecule has 0 saturated heterocycles. The maximum atomic E-state index is 10.7. The van der Waals surface area contributed by atoms with Crippen LogP contribution in [0.4, 0.5) is 0 Å². The topological polar surface area (TPSA) is 37.3 Å². The summed E-state index contributed by atoms with van der Waals surface area (Å²) in [6.07, 6.45) is 1.79. The lowest BCUT2D eigenvalue weighted by Crippen LogP contribution is -2.42. The molecular weight excluding hydrogens is 202 g/mol. The molecule has 0 saturated carbocycles. The van der Waals surface area contributed by atoms with Gasteiger partial charge in [-0.1, -0.05) is 36.9 Å². The van der Waals surface area contributed by atoms with Crippen molar-refractivity contribution in [3.8, 4) is 0 Å². The van der Waals surface area contributed by atoms with Gasteiger partial charge in [0.15, 0.2) is 6.54 Å². The lowest BCUT2D eigenvalue weighted by molar-refractivity contribution is -0.896. The highest BCUT2D eigenvalue weighted by Crippen LogP contribution is 2.11. The fraction of sp³-hybridized carbons (Fsp3) is 0.308. The zero-order chi connectivity index (χ0) is 12.2. The average molecular weight is 220 g/mol. The van der Waals surface area contributed by atoms with Crippen LogP contribution in [0.25, 0.3) is 6.08 Å². The van der Waals surface area contributed by atoms with E-state index < -0.39 is 5.97 Å². The third-order valence-corrected chi connectivity index (χ3v) is 2.39. The van der Waals surface area contributed by atoms with E-state index in [1.54, 1.807) is 6.08 Å². The lowest BCUT2D eigenvalue weighted by Gasteiger charge is -2.27. The molecule has 0 atom stereocenters. The quantitative estimate of drug-likeness (QED) is 0.770. The number of carboxylic acids is 1. The van der Waals surface area contributed by atoms with Gasteiger partial charge in [-0.05, 0) is 5.56 Å². The first-order chi connectivity index (χ1) is 7.43. The molecule has 0 radical (unpaired) electrons. The highest BCUT2D eigenvalue weighted by atomic mass is 16.4. The second-order valence-electron chi connectivity index (χ2n) is 4.59. The SMILES string of the molecule is C=Cc1ccc(C[N+](C)(C)CC(=O)O)cc1. The molecule has 16 heavy (non-hydrogen) atoms. The van der Waals surface area contributed by atoms with Crippen LogP contribution in [0.5, 0.6) is 0 Å². The van der Waals surface area contributed by atoms with Crippen LogP contribution in [0, 0.1) is 0 Å². The smallest absolute Gasteiger partial charge is 0.359 e. The van der Waals surface area contributed by atoms with E-state index >= 15 is 0 Å². The van der Waals surface area contributed by atoms with Gasteiger partial charge < -0.3 is 9.59 Å². The van der Waals surface area contributed by atoms with Crippen molar-refractivity contribution < 1.29 is 14.4 Å². The Morgan fingerprint density at radius 2 is 1.94 bits per heavy atom. The van der Waals surface area contributed by atoms with E-state index in [2.05, 4.69) is 6.58 Å². The Labute approximate surface area is 96.2 Å². The monoisotopic (exact) mass is 220 g/mol. The second kappa shape index (κ2) is 4.94. The van der Waals surface area contributed by atoms with Gasteiger partial charge in [0, 0.05) is 5.56 Å². The molecule has 3 heteroatoms. The fourth-order valence-corrected chi connectivity index (χ4v) is 1.68. The van der Waals surface area contributed by atoms with Crippen LogP contribution < -0.4 is 0 Å². The molecule has 1 aromatic rings. The summed E-state index contributed by atoms with van der Waals surface area (Å²) in [5, 5.41) is 8.78. The third-order valence-electron chi connectivity index (χ3n) is 2.39. The molecule has 3 nitrogen and oxygen atoms in total. The van der Waals surface area contributed by atoms with Crippen LogP contribution in [0.3, 0.4) is 0 Å². The summed E-state index contributed by atoms with van der Waals surface area (Å²) in [5.74, 6) is -0.771. The Morgan fingerprint density at radius 1 is 1.38 bits per heavy atom. The number of carbonyl (C=O) groups is 1. The van der Waals surface area contributed by atoms with Gasteiger partial charge in [0.05, 0.1) is 14.1 Å². The molecular formula is C13H18NO2+. The van der Waals surface area contributed by atoms with E-state index in [0.29, 0.717) is 11.0 Å². The molecule has 0 bridgehead atoms. The Balaban J connectivity index is 2.71. The molecule has 0 aromatic heterocycles. The van der Waals surface area contributed by atoms with E-state index in [1.807, 2.05) is 38.4 Å². The van der Waals surface area contributed by atoms with Crippen molar-refractivity contribution in [2.75, 3.05) is 20.6 Å². The largest absolute Gasteiger partial charge is 0.477 e. The van der Waals surface area contributed by atoms with E-state index in [-0.39, 0.29) is 6.54 Å². The summed E-state index contributed by atoms with van der Waals surface area (Å²) in [6.45, 7) is 4.53. The van der Waals surface area contributed by atoms with Gasteiger partial charge >= 0.3 is 5.97 Å². The fourth-order valence-electron chi connectivity index (χ4n) is 1.68. The zero-order valence-corrected chi connectivity index (χ0v) is 9.81. The second-order valence-corrected chi connectivity index (χ2v) is 4.59. The molecule has 0 fully saturated rings. The summed E-state index contributed by atoms with van der Waals surface area (Å²) in [5.41, 5.74) is 2.21. The van der Waals surface area contributed by atoms with Gasteiger partial charge in [-0.15, -0.1) is 0 Å². The molecule has 0 aliphatic heterocycles. The maximum Gasteiger partial charge on any atom is 0.359 e. The number of quaternary nitrogens is 1. The van der Waals surface area contributed by atoms with E-state index in [1.165, 1.54) is 0 Å².